The summed E-state index contributed by atoms with van der Waals surface area (Å²) in [6.45, 7) is 1.26. The molecule has 1 saturated heterocycles. The van der Waals surface area contributed by atoms with Crippen molar-refractivity contribution in [2.75, 3.05) is 27.2 Å². The first-order valence-corrected chi connectivity index (χ1v) is 5.96. The van der Waals surface area contributed by atoms with Gasteiger partial charge in [0.15, 0.2) is 0 Å². The predicted octanol–water partition coefficient (Wildman–Crippen LogP) is -0.876. The summed E-state index contributed by atoms with van der Waals surface area (Å²) < 4.78 is 0. The van der Waals surface area contributed by atoms with Gasteiger partial charge in [0.05, 0.1) is 6.04 Å². The summed E-state index contributed by atoms with van der Waals surface area (Å²) in [5.74, 6) is -0.353. The van der Waals surface area contributed by atoms with Crippen LogP contribution in [0.2, 0.25) is 0 Å². The second-order valence-electron chi connectivity index (χ2n) is 4.59. The number of carbonyl (C=O) groups excluding carboxylic acids is 3. The van der Waals surface area contributed by atoms with Gasteiger partial charge in [-0.3, -0.25) is 19.8 Å². The Hall–Kier alpha value is -1.63. The summed E-state index contributed by atoms with van der Waals surface area (Å²) in [5.41, 5.74) is 4.85. The number of likely N-dealkylation sites (tertiary alicyclic amines) is 1. The fourth-order valence-corrected chi connectivity index (χ4v) is 2.12. The maximum Gasteiger partial charge on any atom is 0.318 e. The Morgan fingerprint density at radius 1 is 1.39 bits per heavy atom. The zero-order chi connectivity index (χ0) is 13.7. The Morgan fingerprint density at radius 2 is 2.06 bits per heavy atom. The van der Waals surface area contributed by atoms with Crippen molar-refractivity contribution in [1.82, 2.24) is 15.1 Å². The van der Waals surface area contributed by atoms with Crippen LogP contribution in [0.1, 0.15) is 19.3 Å². The fraction of sp³-hybridized carbons (Fsp3) is 0.727. The van der Waals surface area contributed by atoms with Gasteiger partial charge in [-0.05, 0) is 19.4 Å². The number of amides is 4. The molecule has 0 aromatic heterocycles. The second-order valence-corrected chi connectivity index (χ2v) is 4.59. The standard InChI is InChI=1S/C11H20N4O3/c1-14(2)10(17)8-4-3-6-15(8)7-5-9(16)13-11(12)18/h8H,3-7H2,1-2H3,(H3,12,13,16,18). The smallest absolute Gasteiger partial charge is 0.318 e. The van der Waals surface area contributed by atoms with Crippen LogP contribution < -0.4 is 11.1 Å². The quantitative estimate of drug-likeness (QED) is 0.683. The van der Waals surface area contributed by atoms with Gasteiger partial charge in [-0.25, -0.2) is 4.79 Å². The number of imide groups is 1. The van der Waals surface area contributed by atoms with Gasteiger partial charge in [-0.2, -0.15) is 0 Å². The highest BCUT2D eigenvalue weighted by molar-refractivity contribution is 5.93. The average Bonchev–Trinajstić information content (AvgIpc) is 2.72. The molecule has 7 nitrogen and oxygen atoms in total. The van der Waals surface area contributed by atoms with E-state index in [1.54, 1.807) is 19.0 Å². The first kappa shape index (κ1) is 14.4. The molecule has 1 fully saturated rings. The monoisotopic (exact) mass is 256 g/mol. The minimum atomic E-state index is -0.845. The lowest BCUT2D eigenvalue weighted by Crippen LogP contribution is -2.44. The first-order chi connectivity index (χ1) is 8.41. The van der Waals surface area contributed by atoms with E-state index < -0.39 is 11.9 Å². The van der Waals surface area contributed by atoms with E-state index in [2.05, 4.69) is 0 Å². The highest BCUT2D eigenvalue weighted by Crippen LogP contribution is 2.18. The zero-order valence-electron chi connectivity index (χ0n) is 10.8. The average molecular weight is 256 g/mol. The van der Waals surface area contributed by atoms with Crippen LogP contribution >= 0.6 is 0 Å². The highest BCUT2D eigenvalue weighted by Gasteiger charge is 2.31. The zero-order valence-corrected chi connectivity index (χ0v) is 10.8. The van der Waals surface area contributed by atoms with Crippen molar-refractivity contribution in [2.24, 2.45) is 5.73 Å². The molecule has 18 heavy (non-hydrogen) atoms. The number of urea groups is 1. The molecule has 0 saturated carbocycles. The molecule has 1 unspecified atom stereocenters. The molecule has 1 aliphatic rings. The number of nitrogens with zero attached hydrogens (tertiary/aromatic N) is 2. The van der Waals surface area contributed by atoms with Gasteiger partial charge in [0.2, 0.25) is 11.8 Å². The molecule has 3 N–H and O–H groups in total. The van der Waals surface area contributed by atoms with Crippen LogP contribution in [-0.4, -0.2) is 60.9 Å². The summed E-state index contributed by atoms with van der Waals surface area (Å²) >= 11 is 0. The normalized spacial score (nSPS) is 19.6. The first-order valence-electron chi connectivity index (χ1n) is 5.96. The third-order valence-corrected chi connectivity index (χ3v) is 2.98. The number of hydrogen-bond acceptors (Lipinski definition) is 4. The van der Waals surface area contributed by atoms with Crippen LogP contribution in [0, 0.1) is 0 Å². The summed E-state index contributed by atoms with van der Waals surface area (Å²) in [6.07, 6.45) is 1.93. The van der Waals surface area contributed by atoms with Crippen molar-refractivity contribution in [3.8, 4) is 0 Å². The van der Waals surface area contributed by atoms with E-state index in [-0.39, 0.29) is 18.4 Å². The van der Waals surface area contributed by atoms with E-state index in [9.17, 15) is 14.4 Å². The SMILES string of the molecule is CN(C)C(=O)C1CCCN1CCC(=O)NC(N)=O. The Bertz CT molecular complexity index is 343. The van der Waals surface area contributed by atoms with Crippen molar-refractivity contribution in [2.45, 2.75) is 25.3 Å². The summed E-state index contributed by atoms with van der Waals surface area (Å²) in [7, 11) is 3.44. The molecule has 1 rings (SSSR count). The molecular weight excluding hydrogens is 236 g/mol. The number of nitrogens with two attached hydrogens (primary N) is 1. The van der Waals surface area contributed by atoms with Gasteiger partial charge in [0, 0.05) is 27.1 Å². The van der Waals surface area contributed by atoms with Crippen LogP contribution in [-0.2, 0) is 9.59 Å². The predicted molar refractivity (Wildman–Crippen MR) is 65.6 cm³/mol. The number of primary amides is 1. The van der Waals surface area contributed by atoms with Gasteiger partial charge >= 0.3 is 6.03 Å². The van der Waals surface area contributed by atoms with Crippen LogP contribution in [0.3, 0.4) is 0 Å². The minimum Gasteiger partial charge on any atom is -0.351 e. The van der Waals surface area contributed by atoms with E-state index in [0.717, 1.165) is 19.4 Å². The Morgan fingerprint density at radius 3 is 2.61 bits per heavy atom. The number of nitrogens with one attached hydrogen (secondary N) is 1. The van der Waals surface area contributed by atoms with Gasteiger partial charge in [-0.1, -0.05) is 0 Å². The molecule has 0 bridgehead atoms. The van der Waals surface area contributed by atoms with Gasteiger partial charge in [0.1, 0.15) is 0 Å². The van der Waals surface area contributed by atoms with E-state index in [0.29, 0.717) is 6.54 Å². The Kier molecular flexibility index (Phi) is 5.08. The molecule has 0 radical (unpaired) electrons. The van der Waals surface area contributed by atoms with Crippen molar-refractivity contribution in [1.29, 1.82) is 0 Å². The lowest BCUT2D eigenvalue weighted by Gasteiger charge is -2.25. The lowest BCUT2D eigenvalue weighted by atomic mass is 10.2. The maximum atomic E-state index is 11.9. The summed E-state index contributed by atoms with van der Waals surface area (Å²) in [4.78, 5) is 37.2. The van der Waals surface area contributed by atoms with Crippen LogP contribution in [0.5, 0.6) is 0 Å². The van der Waals surface area contributed by atoms with E-state index >= 15 is 0 Å². The summed E-state index contributed by atoms with van der Waals surface area (Å²) in [6, 6.07) is -0.997. The fourth-order valence-electron chi connectivity index (χ4n) is 2.12. The van der Waals surface area contributed by atoms with Gasteiger partial charge < -0.3 is 10.6 Å². The molecule has 0 spiro atoms. The number of rotatable bonds is 4. The van der Waals surface area contributed by atoms with Gasteiger partial charge in [0.25, 0.3) is 0 Å². The molecule has 0 aromatic rings. The van der Waals surface area contributed by atoms with Crippen LogP contribution in [0.25, 0.3) is 0 Å². The third-order valence-electron chi connectivity index (χ3n) is 2.98. The van der Waals surface area contributed by atoms with E-state index in [1.165, 1.54) is 0 Å². The molecule has 102 valence electrons. The molecule has 0 aliphatic carbocycles. The minimum absolute atomic E-state index is 0.0582. The van der Waals surface area contributed by atoms with Crippen molar-refractivity contribution < 1.29 is 14.4 Å². The number of hydrogen-bond donors (Lipinski definition) is 2. The molecular formula is C11H20N4O3. The maximum absolute atomic E-state index is 11.9. The third kappa shape index (κ3) is 3.99. The molecule has 4 amide bonds. The highest BCUT2D eigenvalue weighted by atomic mass is 16.2. The van der Waals surface area contributed by atoms with E-state index in [1.807, 2.05) is 10.2 Å². The van der Waals surface area contributed by atoms with Crippen molar-refractivity contribution in [3.05, 3.63) is 0 Å². The molecule has 1 aliphatic heterocycles. The molecule has 0 aromatic carbocycles. The second kappa shape index (κ2) is 6.34. The molecule has 1 heterocycles. The number of likely N-dealkylation sites (N-methyl/N-ethyl adjacent to an activating group) is 1. The van der Waals surface area contributed by atoms with Crippen molar-refractivity contribution >= 4 is 17.8 Å². The van der Waals surface area contributed by atoms with Crippen LogP contribution in [0.15, 0.2) is 0 Å². The van der Waals surface area contributed by atoms with Crippen molar-refractivity contribution in [3.63, 3.8) is 0 Å². The number of carbonyl (C=O) groups is 3. The van der Waals surface area contributed by atoms with Gasteiger partial charge in [-0.15, -0.1) is 0 Å². The summed E-state index contributed by atoms with van der Waals surface area (Å²) in [5, 5.41) is 2.01. The largest absolute Gasteiger partial charge is 0.351 e. The molecule has 1 atom stereocenters. The topological polar surface area (TPSA) is 95.7 Å². The Labute approximate surface area is 106 Å². The van der Waals surface area contributed by atoms with E-state index in [4.69, 9.17) is 5.73 Å². The Balaban J connectivity index is 2.43. The molecule has 7 heteroatoms. The lowest BCUT2D eigenvalue weighted by molar-refractivity contribution is -0.134. The van der Waals surface area contributed by atoms with Crippen LogP contribution in [0.4, 0.5) is 4.79 Å².